The molecule has 0 saturated carbocycles. The highest BCUT2D eigenvalue weighted by Crippen LogP contribution is 2.34. The van der Waals surface area contributed by atoms with E-state index in [1.54, 1.807) is 0 Å². The van der Waals surface area contributed by atoms with Crippen molar-refractivity contribution in [3.63, 3.8) is 0 Å². The molecule has 0 saturated heterocycles. The van der Waals surface area contributed by atoms with Crippen molar-refractivity contribution in [1.29, 1.82) is 0 Å². The van der Waals surface area contributed by atoms with Crippen LogP contribution in [0.3, 0.4) is 0 Å². The number of benzene rings is 1. The Kier molecular flexibility index (Phi) is 9.37. The summed E-state index contributed by atoms with van der Waals surface area (Å²) in [6, 6.07) is 3.93. The fourth-order valence-electron chi connectivity index (χ4n) is 3.38. The number of pyridine rings is 1. The standard InChI is InChI=1S/C21H20ClFN4O5.C3H9N/c1-24(2)20(31)21(32)26(4)14-9-27(8-11-5-6-13(23)12(22)7-11)19(30)16-17(14)25(3)15(10-28)18(16)29;1-3-4-2/h5-7,9-10,29H,8H2,1-4H3;4H,3H2,1-2H3. The van der Waals surface area contributed by atoms with Gasteiger partial charge in [-0.3, -0.25) is 19.2 Å². The van der Waals surface area contributed by atoms with Gasteiger partial charge in [0.05, 0.1) is 22.8 Å². The number of hydrogen-bond acceptors (Lipinski definition) is 6. The molecule has 10 nitrogen and oxygen atoms in total. The van der Waals surface area contributed by atoms with Crippen LogP contribution in [0.4, 0.5) is 10.1 Å². The summed E-state index contributed by atoms with van der Waals surface area (Å²) in [4.78, 5) is 51.7. The van der Waals surface area contributed by atoms with E-state index in [1.165, 1.54) is 55.7 Å². The summed E-state index contributed by atoms with van der Waals surface area (Å²) in [5, 5.41) is 13.2. The van der Waals surface area contributed by atoms with Crippen molar-refractivity contribution in [2.75, 3.05) is 39.6 Å². The van der Waals surface area contributed by atoms with E-state index in [0.717, 1.165) is 22.4 Å². The highest BCUT2D eigenvalue weighted by atomic mass is 35.5. The summed E-state index contributed by atoms with van der Waals surface area (Å²) in [5.74, 6) is -2.87. The number of rotatable bonds is 5. The first-order valence-electron chi connectivity index (χ1n) is 10.9. The number of nitrogens with one attached hydrogen (secondary N) is 1. The molecular weight excluding hydrogens is 493 g/mol. The van der Waals surface area contributed by atoms with Crippen molar-refractivity contribution >= 4 is 46.3 Å². The van der Waals surface area contributed by atoms with Crippen LogP contribution in [0.25, 0.3) is 10.9 Å². The van der Waals surface area contributed by atoms with Gasteiger partial charge in [0, 0.05) is 34.4 Å². The van der Waals surface area contributed by atoms with Crippen molar-refractivity contribution in [3.05, 3.63) is 56.8 Å². The molecule has 36 heavy (non-hydrogen) atoms. The molecule has 3 aromatic rings. The molecule has 194 valence electrons. The van der Waals surface area contributed by atoms with E-state index < -0.39 is 28.9 Å². The Morgan fingerprint density at radius 1 is 1.22 bits per heavy atom. The molecule has 12 heteroatoms. The first-order valence-corrected chi connectivity index (χ1v) is 11.3. The summed E-state index contributed by atoms with van der Waals surface area (Å²) >= 11 is 5.83. The minimum atomic E-state index is -0.889. The Morgan fingerprint density at radius 2 is 1.83 bits per heavy atom. The normalized spacial score (nSPS) is 10.6. The number of aromatic nitrogens is 2. The predicted octanol–water partition coefficient (Wildman–Crippen LogP) is 1.98. The lowest BCUT2D eigenvalue weighted by Crippen LogP contribution is -2.41. The number of likely N-dealkylation sites (N-methyl/N-ethyl adjacent to an activating group) is 2. The molecule has 0 radical (unpaired) electrons. The smallest absolute Gasteiger partial charge is 0.316 e. The minimum Gasteiger partial charge on any atom is -0.505 e. The van der Waals surface area contributed by atoms with Gasteiger partial charge in [-0.15, -0.1) is 0 Å². The lowest BCUT2D eigenvalue weighted by molar-refractivity contribution is -0.142. The molecule has 3 rings (SSSR count). The van der Waals surface area contributed by atoms with Crippen LogP contribution in [0.2, 0.25) is 5.02 Å². The summed E-state index contributed by atoms with van der Waals surface area (Å²) in [5.41, 5.74) is -0.122. The van der Waals surface area contributed by atoms with Crippen LogP contribution in [0.1, 0.15) is 23.0 Å². The van der Waals surface area contributed by atoms with Crippen LogP contribution in [-0.2, 0) is 23.2 Å². The van der Waals surface area contributed by atoms with Crippen molar-refractivity contribution in [3.8, 4) is 5.75 Å². The largest absolute Gasteiger partial charge is 0.505 e. The number of aldehydes is 1. The molecule has 0 unspecified atom stereocenters. The average Bonchev–Trinajstić information content (AvgIpc) is 3.11. The van der Waals surface area contributed by atoms with E-state index >= 15 is 0 Å². The third-order valence-corrected chi connectivity index (χ3v) is 5.76. The summed E-state index contributed by atoms with van der Waals surface area (Å²) in [6.07, 6.45) is 1.71. The second-order valence-electron chi connectivity index (χ2n) is 8.10. The first-order chi connectivity index (χ1) is 16.9. The van der Waals surface area contributed by atoms with E-state index in [2.05, 4.69) is 12.2 Å². The number of carbonyl (C=O) groups excluding carboxylic acids is 3. The van der Waals surface area contributed by atoms with Crippen LogP contribution in [0.15, 0.2) is 29.2 Å². The van der Waals surface area contributed by atoms with Crippen LogP contribution < -0.4 is 15.8 Å². The number of aromatic hydroxyl groups is 1. The van der Waals surface area contributed by atoms with Crippen molar-refractivity contribution in [1.82, 2.24) is 19.4 Å². The van der Waals surface area contributed by atoms with Crippen molar-refractivity contribution in [2.24, 2.45) is 7.05 Å². The predicted molar refractivity (Wildman–Crippen MR) is 136 cm³/mol. The fourth-order valence-corrected chi connectivity index (χ4v) is 3.58. The number of anilines is 1. The number of nitrogens with zero attached hydrogens (tertiary/aromatic N) is 4. The zero-order valence-electron chi connectivity index (χ0n) is 20.9. The van der Waals surface area contributed by atoms with Gasteiger partial charge >= 0.3 is 11.8 Å². The monoisotopic (exact) mass is 521 g/mol. The summed E-state index contributed by atoms with van der Waals surface area (Å²) < 4.78 is 16.0. The lowest BCUT2D eigenvalue weighted by atomic mass is 10.2. The summed E-state index contributed by atoms with van der Waals surface area (Å²) in [7, 11) is 7.56. The van der Waals surface area contributed by atoms with Gasteiger partial charge in [-0.1, -0.05) is 24.6 Å². The first kappa shape index (κ1) is 28.5. The number of hydrogen-bond donors (Lipinski definition) is 2. The van der Waals surface area contributed by atoms with Gasteiger partial charge in [0.15, 0.2) is 12.0 Å². The van der Waals surface area contributed by atoms with Gasteiger partial charge in [-0.25, -0.2) is 4.39 Å². The maximum atomic E-state index is 13.5. The fraction of sp³-hybridized carbons (Fsp3) is 0.333. The van der Waals surface area contributed by atoms with Crippen LogP contribution in [0.5, 0.6) is 5.75 Å². The molecule has 0 aliphatic heterocycles. The van der Waals surface area contributed by atoms with Crippen LogP contribution >= 0.6 is 11.6 Å². The topological polar surface area (TPSA) is 117 Å². The molecular formula is C24H29ClFN5O5. The zero-order chi connectivity index (χ0) is 27.3. The number of aryl methyl sites for hydroxylation is 1. The Balaban J connectivity index is 0.00000106. The molecule has 0 bridgehead atoms. The second kappa shape index (κ2) is 11.8. The van der Waals surface area contributed by atoms with Gasteiger partial charge in [0.1, 0.15) is 16.9 Å². The van der Waals surface area contributed by atoms with Gasteiger partial charge in [-0.05, 0) is 31.3 Å². The van der Waals surface area contributed by atoms with E-state index in [4.69, 9.17) is 11.6 Å². The molecule has 1 aromatic carbocycles. The van der Waals surface area contributed by atoms with Crippen molar-refractivity contribution in [2.45, 2.75) is 13.5 Å². The number of amides is 2. The van der Waals surface area contributed by atoms with Gasteiger partial charge in [0.25, 0.3) is 5.56 Å². The SMILES string of the molecule is CCNC.CN(C)C(=O)C(=O)N(C)c1cn(Cc2ccc(F)c(Cl)c2)c(=O)c2c(O)c(C=O)n(C)c12. The number of carbonyl (C=O) groups is 3. The highest BCUT2D eigenvalue weighted by Gasteiger charge is 2.28. The second-order valence-corrected chi connectivity index (χ2v) is 8.51. The van der Waals surface area contributed by atoms with Crippen LogP contribution in [0, 0.1) is 5.82 Å². The van der Waals surface area contributed by atoms with Gasteiger partial charge in [0.2, 0.25) is 0 Å². The Bertz CT molecular complexity index is 1360. The molecule has 0 spiro atoms. The summed E-state index contributed by atoms with van der Waals surface area (Å²) in [6.45, 7) is 3.07. The quantitative estimate of drug-likeness (QED) is 0.392. The van der Waals surface area contributed by atoms with E-state index in [9.17, 15) is 28.7 Å². The van der Waals surface area contributed by atoms with Gasteiger partial charge in [-0.2, -0.15) is 0 Å². The van der Waals surface area contributed by atoms with E-state index in [1.807, 2.05) is 7.05 Å². The number of halogens is 2. The molecule has 0 fully saturated rings. The molecule has 0 aliphatic rings. The Morgan fingerprint density at radius 3 is 2.33 bits per heavy atom. The highest BCUT2D eigenvalue weighted by molar-refractivity contribution is 6.40. The average molecular weight is 522 g/mol. The molecule has 2 amide bonds. The molecule has 2 heterocycles. The molecule has 0 aliphatic carbocycles. The lowest BCUT2D eigenvalue weighted by Gasteiger charge is -2.21. The molecule has 0 atom stereocenters. The van der Waals surface area contributed by atoms with E-state index in [-0.39, 0.29) is 33.9 Å². The molecule has 2 N–H and O–H groups in total. The molecule has 2 aromatic heterocycles. The van der Waals surface area contributed by atoms with Crippen molar-refractivity contribution < 1.29 is 23.9 Å². The third kappa shape index (κ3) is 5.58. The maximum Gasteiger partial charge on any atom is 0.316 e. The Hall–Kier alpha value is -3.70. The van der Waals surface area contributed by atoms with Crippen LogP contribution in [-0.4, -0.2) is 72.0 Å². The third-order valence-electron chi connectivity index (χ3n) is 5.47. The minimum absolute atomic E-state index is 0.0732. The Labute approximate surface area is 212 Å². The zero-order valence-corrected chi connectivity index (χ0v) is 21.7. The van der Waals surface area contributed by atoms with Gasteiger partial charge < -0.3 is 29.4 Å². The maximum absolute atomic E-state index is 13.5. The van der Waals surface area contributed by atoms with E-state index in [0.29, 0.717) is 11.8 Å². The number of fused-ring (bicyclic) bond motifs is 1.